The minimum Gasteiger partial charge on any atom is -0.467 e. The SMILES string of the molecule is Fc1cccc2sc(OC3CCNCC3)nc12. The fraction of sp³-hybridized carbons (Fsp3) is 0.417. The standard InChI is InChI=1S/C12H13FN2OS/c13-9-2-1-3-10-11(9)15-12(17-10)16-8-4-6-14-7-5-8/h1-3,8,14H,4-7H2. The maximum Gasteiger partial charge on any atom is 0.274 e. The predicted molar refractivity (Wildman–Crippen MR) is 66.1 cm³/mol. The number of nitrogens with one attached hydrogen (secondary N) is 1. The Balaban J connectivity index is 1.83. The van der Waals surface area contributed by atoms with Crippen LogP contribution in [0.2, 0.25) is 0 Å². The van der Waals surface area contributed by atoms with Gasteiger partial charge in [-0.1, -0.05) is 17.4 Å². The van der Waals surface area contributed by atoms with Gasteiger partial charge < -0.3 is 10.1 Å². The van der Waals surface area contributed by atoms with E-state index in [1.54, 1.807) is 6.07 Å². The van der Waals surface area contributed by atoms with E-state index < -0.39 is 0 Å². The van der Waals surface area contributed by atoms with Gasteiger partial charge in [-0.15, -0.1) is 0 Å². The monoisotopic (exact) mass is 252 g/mol. The molecule has 2 heterocycles. The van der Waals surface area contributed by atoms with Crippen molar-refractivity contribution >= 4 is 21.6 Å². The Morgan fingerprint density at radius 3 is 2.94 bits per heavy atom. The van der Waals surface area contributed by atoms with Crippen LogP contribution in [0.15, 0.2) is 18.2 Å². The molecule has 1 aromatic carbocycles. The third-order valence-electron chi connectivity index (χ3n) is 2.90. The highest BCUT2D eigenvalue weighted by molar-refractivity contribution is 7.20. The summed E-state index contributed by atoms with van der Waals surface area (Å²) in [6.45, 7) is 1.95. The van der Waals surface area contributed by atoms with Gasteiger partial charge in [0.15, 0.2) is 0 Å². The quantitative estimate of drug-likeness (QED) is 0.892. The molecule has 0 spiro atoms. The Bertz CT molecular complexity index is 522. The fourth-order valence-corrected chi connectivity index (χ4v) is 2.90. The molecule has 1 fully saturated rings. The second-order valence-electron chi connectivity index (χ2n) is 4.13. The smallest absolute Gasteiger partial charge is 0.274 e. The number of halogens is 1. The lowest BCUT2D eigenvalue weighted by molar-refractivity contribution is 0.162. The molecule has 1 aromatic heterocycles. The molecular formula is C12H13FN2OS. The summed E-state index contributed by atoms with van der Waals surface area (Å²) in [6.07, 6.45) is 2.18. The highest BCUT2D eigenvalue weighted by Crippen LogP contribution is 2.30. The number of fused-ring (bicyclic) bond motifs is 1. The van der Waals surface area contributed by atoms with Crippen LogP contribution in [-0.4, -0.2) is 24.2 Å². The van der Waals surface area contributed by atoms with E-state index in [9.17, 15) is 4.39 Å². The van der Waals surface area contributed by atoms with E-state index in [0.717, 1.165) is 30.6 Å². The summed E-state index contributed by atoms with van der Waals surface area (Å²) >= 11 is 1.41. The van der Waals surface area contributed by atoms with Crippen molar-refractivity contribution in [2.24, 2.45) is 0 Å². The van der Waals surface area contributed by atoms with Crippen LogP contribution in [0.1, 0.15) is 12.8 Å². The first-order valence-electron chi connectivity index (χ1n) is 5.75. The van der Waals surface area contributed by atoms with Gasteiger partial charge in [-0.2, -0.15) is 4.98 Å². The van der Waals surface area contributed by atoms with E-state index in [1.165, 1.54) is 17.4 Å². The molecule has 0 bridgehead atoms. The number of para-hydroxylation sites is 1. The van der Waals surface area contributed by atoms with Crippen molar-refractivity contribution in [2.75, 3.05) is 13.1 Å². The second-order valence-corrected chi connectivity index (χ2v) is 5.13. The van der Waals surface area contributed by atoms with Gasteiger partial charge in [-0.25, -0.2) is 4.39 Å². The third kappa shape index (κ3) is 2.25. The van der Waals surface area contributed by atoms with Crippen molar-refractivity contribution < 1.29 is 9.13 Å². The number of hydrogen-bond acceptors (Lipinski definition) is 4. The van der Waals surface area contributed by atoms with Gasteiger partial charge >= 0.3 is 0 Å². The zero-order chi connectivity index (χ0) is 11.7. The van der Waals surface area contributed by atoms with Gasteiger partial charge in [0.25, 0.3) is 5.19 Å². The van der Waals surface area contributed by atoms with Gasteiger partial charge in [-0.05, 0) is 38.1 Å². The van der Waals surface area contributed by atoms with E-state index in [1.807, 2.05) is 6.07 Å². The van der Waals surface area contributed by atoms with E-state index in [-0.39, 0.29) is 11.9 Å². The van der Waals surface area contributed by atoms with Crippen LogP contribution in [0.4, 0.5) is 4.39 Å². The molecule has 0 saturated carbocycles. The number of ether oxygens (including phenoxy) is 1. The molecule has 1 saturated heterocycles. The molecule has 0 aliphatic carbocycles. The zero-order valence-corrected chi connectivity index (χ0v) is 10.1. The summed E-state index contributed by atoms with van der Waals surface area (Å²) in [7, 11) is 0. The number of rotatable bonds is 2. The molecule has 1 aliphatic heterocycles. The Kier molecular flexibility index (Phi) is 2.94. The van der Waals surface area contributed by atoms with Crippen molar-refractivity contribution in [1.29, 1.82) is 0 Å². The summed E-state index contributed by atoms with van der Waals surface area (Å²) in [5.41, 5.74) is 0.418. The molecule has 2 aromatic rings. The molecule has 3 nitrogen and oxygen atoms in total. The average molecular weight is 252 g/mol. The molecule has 0 amide bonds. The van der Waals surface area contributed by atoms with Crippen molar-refractivity contribution in [1.82, 2.24) is 10.3 Å². The maximum atomic E-state index is 13.5. The third-order valence-corrected chi connectivity index (χ3v) is 3.82. The molecule has 3 rings (SSSR count). The van der Waals surface area contributed by atoms with E-state index in [4.69, 9.17) is 4.74 Å². The molecule has 90 valence electrons. The molecule has 0 unspecified atom stereocenters. The lowest BCUT2D eigenvalue weighted by Gasteiger charge is -2.22. The summed E-state index contributed by atoms with van der Waals surface area (Å²) in [4.78, 5) is 4.21. The second kappa shape index (κ2) is 4.58. The van der Waals surface area contributed by atoms with Crippen LogP contribution in [0, 0.1) is 5.82 Å². The molecule has 1 N–H and O–H groups in total. The highest BCUT2D eigenvalue weighted by Gasteiger charge is 2.17. The van der Waals surface area contributed by atoms with E-state index >= 15 is 0 Å². The van der Waals surface area contributed by atoms with Crippen LogP contribution in [-0.2, 0) is 0 Å². The van der Waals surface area contributed by atoms with E-state index in [0.29, 0.717) is 10.7 Å². The largest absolute Gasteiger partial charge is 0.467 e. The average Bonchev–Trinajstić information content (AvgIpc) is 2.74. The summed E-state index contributed by atoms with van der Waals surface area (Å²) in [6, 6.07) is 4.99. The fourth-order valence-electron chi connectivity index (χ4n) is 2.00. The maximum absolute atomic E-state index is 13.5. The topological polar surface area (TPSA) is 34.1 Å². The Morgan fingerprint density at radius 1 is 1.35 bits per heavy atom. The first-order valence-corrected chi connectivity index (χ1v) is 6.57. The van der Waals surface area contributed by atoms with Crippen LogP contribution in [0.25, 0.3) is 10.2 Å². The minimum absolute atomic E-state index is 0.208. The number of hydrogen-bond donors (Lipinski definition) is 1. The van der Waals surface area contributed by atoms with Gasteiger partial charge in [0.05, 0.1) is 4.70 Å². The van der Waals surface area contributed by atoms with Gasteiger partial charge in [0.1, 0.15) is 17.4 Å². The summed E-state index contributed by atoms with van der Waals surface area (Å²) in [5, 5.41) is 3.86. The highest BCUT2D eigenvalue weighted by atomic mass is 32.1. The molecule has 17 heavy (non-hydrogen) atoms. The molecular weight excluding hydrogens is 239 g/mol. The van der Waals surface area contributed by atoms with Crippen LogP contribution < -0.4 is 10.1 Å². The number of aromatic nitrogens is 1. The van der Waals surface area contributed by atoms with Gasteiger partial charge in [0.2, 0.25) is 0 Å². The van der Waals surface area contributed by atoms with Crippen molar-refractivity contribution in [2.45, 2.75) is 18.9 Å². The van der Waals surface area contributed by atoms with Gasteiger partial charge in [-0.3, -0.25) is 0 Å². The number of piperidine rings is 1. The van der Waals surface area contributed by atoms with Crippen molar-refractivity contribution in [3.05, 3.63) is 24.0 Å². The van der Waals surface area contributed by atoms with Crippen molar-refractivity contribution in [3.8, 4) is 5.19 Å². The Morgan fingerprint density at radius 2 is 2.18 bits per heavy atom. The number of nitrogens with zero attached hydrogens (tertiary/aromatic N) is 1. The predicted octanol–water partition coefficient (Wildman–Crippen LogP) is 2.57. The first kappa shape index (κ1) is 10.9. The molecule has 0 radical (unpaired) electrons. The molecule has 5 heteroatoms. The van der Waals surface area contributed by atoms with Crippen LogP contribution in [0.5, 0.6) is 5.19 Å². The molecule has 0 atom stereocenters. The Labute approximate surface area is 103 Å². The van der Waals surface area contributed by atoms with Crippen LogP contribution in [0.3, 0.4) is 0 Å². The summed E-state index contributed by atoms with van der Waals surface area (Å²) < 4.78 is 20.1. The van der Waals surface area contributed by atoms with E-state index in [2.05, 4.69) is 10.3 Å². The van der Waals surface area contributed by atoms with Gasteiger partial charge in [0, 0.05) is 0 Å². The Hall–Kier alpha value is -1.20. The van der Waals surface area contributed by atoms with Crippen LogP contribution >= 0.6 is 11.3 Å². The minimum atomic E-state index is -0.279. The number of thiazole rings is 1. The lowest BCUT2D eigenvalue weighted by Crippen LogP contribution is -2.34. The zero-order valence-electron chi connectivity index (χ0n) is 9.28. The summed E-state index contributed by atoms with van der Waals surface area (Å²) in [5.74, 6) is -0.279. The molecule has 1 aliphatic rings. The number of benzene rings is 1. The lowest BCUT2D eigenvalue weighted by atomic mass is 10.1. The normalized spacial score (nSPS) is 17.5. The van der Waals surface area contributed by atoms with Crippen molar-refractivity contribution in [3.63, 3.8) is 0 Å². The first-order chi connectivity index (χ1) is 8.33.